The zero-order valence-electron chi connectivity index (χ0n) is 14.6. The molecule has 3 aromatic carbocycles. The highest BCUT2D eigenvalue weighted by atomic mass is 32.1. The SMILES string of the molecule is CN1NC(Cc2ccccc2)(c2ccc(-c3ccccc3)cc2)NC1=S. The van der Waals surface area contributed by atoms with Gasteiger partial charge in [-0.05, 0) is 34.5 Å². The molecule has 2 N–H and O–H groups in total. The summed E-state index contributed by atoms with van der Waals surface area (Å²) in [5, 5.41) is 6.07. The molecule has 1 saturated heterocycles. The van der Waals surface area contributed by atoms with Crippen LogP contribution in [0.3, 0.4) is 0 Å². The molecule has 4 heteroatoms. The second-order valence-electron chi connectivity index (χ2n) is 6.61. The molecule has 4 rings (SSSR count). The van der Waals surface area contributed by atoms with Gasteiger partial charge in [0.1, 0.15) is 5.66 Å². The lowest BCUT2D eigenvalue weighted by molar-refractivity contribution is 0.242. The van der Waals surface area contributed by atoms with E-state index in [0.717, 1.165) is 12.0 Å². The van der Waals surface area contributed by atoms with E-state index in [4.69, 9.17) is 12.2 Å². The van der Waals surface area contributed by atoms with Crippen LogP contribution in [0.15, 0.2) is 84.9 Å². The average molecular weight is 359 g/mol. The molecule has 0 bridgehead atoms. The van der Waals surface area contributed by atoms with E-state index in [0.29, 0.717) is 5.11 Å². The van der Waals surface area contributed by atoms with Gasteiger partial charge in [-0.25, -0.2) is 5.43 Å². The zero-order chi connectivity index (χ0) is 18.0. The van der Waals surface area contributed by atoms with Crippen molar-refractivity contribution >= 4 is 17.3 Å². The summed E-state index contributed by atoms with van der Waals surface area (Å²) in [4.78, 5) is 0. The van der Waals surface area contributed by atoms with Gasteiger partial charge in [0.15, 0.2) is 5.11 Å². The number of benzene rings is 3. The van der Waals surface area contributed by atoms with E-state index in [1.165, 1.54) is 16.7 Å². The van der Waals surface area contributed by atoms with Crippen molar-refractivity contribution in [3.05, 3.63) is 96.1 Å². The van der Waals surface area contributed by atoms with E-state index in [2.05, 4.69) is 83.5 Å². The van der Waals surface area contributed by atoms with E-state index in [9.17, 15) is 0 Å². The standard InChI is InChI=1S/C22H21N3S/c1-25-21(26)23-22(24-25,16-17-8-4-2-5-9-17)20-14-12-19(13-15-20)18-10-6-3-7-11-18/h2-15,24H,16H2,1H3,(H,23,26). The lowest BCUT2D eigenvalue weighted by Crippen LogP contribution is -2.49. The quantitative estimate of drug-likeness (QED) is 0.687. The topological polar surface area (TPSA) is 27.3 Å². The molecule has 1 aliphatic heterocycles. The van der Waals surface area contributed by atoms with Crippen LogP contribution in [0, 0.1) is 0 Å². The largest absolute Gasteiger partial charge is 0.338 e. The first-order valence-corrected chi connectivity index (χ1v) is 9.11. The Kier molecular flexibility index (Phi) is 4.45. The van der Waals surface area contributed by atoms with Gasteiger partial charge < -0.3 is 5.32 Å². The van der Waals surface area contributed by atoms with Crippen LogP contribution in [0.2, 0.25) is 0 Å². The number of hydrogen-bond acceptors (Lipinski definition) is 2. The van der Waals surface area contributed by atoms with Crippen LogP contribution in [0.5, 0.6) is 0 Å². The molecule has 0 saturated carbocycles. The lowest BCUT2D eigenvalue weighted by Gasteiger charge is -2.30. The molecular weight excluding hydrogens is 338 g/mol. The molecule has 0 spiro atoms. The van der Waals surface area contributed by atoms with E-state index in [-0.39, 0.29) is 0 Å². The van der Waals surface area contributed by atoms with Crippen LogP contribution in [0.4, 0.5) is 0 Å². The van der Waals surface area contributed by atoms with Gasteiger partial charge in [-0.15, -0.1) is 0 Å². The summed E-state index contributed by atoms with van der Waals surface area (Å²) < 4.78 is 0. The van der Waals surface area contributed by atoms with Gasteiger partial charge in [0.25, 0.3) is 0 Å². The zero-order valence-corrected chi connectivity index (χ0v) is 15.5. The van der Waals surface area contributed by atoms with E-state index >= 15 is 0 Å². The molecular formula is C22H21N3S. The Hall–Kier alpha value is -2.69. The van der Waals surface area contributed by atoms with Gasteiger partial charge >= 0.3 is 0 Å². The average Bonchev–Trinajstić information content (AvgIpc) is 2.98. The fourth-order valence-corrected chi connectivity index (χ4v) is 3.65. The van der Waals surface area contributed by atoms with Gasteiger partial charge in [0.05, 0.1) is 0 Å². The molecule has 3 aromatic rings. The number of hydrogen-bond donors (Lipinski definition) is 2. The molecule has 1 fully saturated rings. The third-order valence-corrected chi connectivity index (χ3v) is 5.16. The summed E-state index contributed by atoms with van der Waals surface area (Å²) in [5.74, 6) is 0. The Bertz CT molecular complexity index is 894. The third kappa shape index (κ3) is 3.21. The maximum atomic E-state index is 5.46. The van der Waals surface area contributed by atoms with Crippen molar-refractivity contribution < 1.29 is 0 Å². The van der Waals surface area contributed by atoms with Crippen molar-refractivity contribution in [2.75, 3.05) is 7.05 Å². The maximum Gasteiger partial charge on any atom is 0.185 e. The molecule has 26 heavy (non-hydrogen) atoms. The lowest BCUT2D eigenvalue weighted by atomic mass is 9.91. The summed E-state index contributed by atoms with van der Waals surface area (Å²) in [6, 6.07) is 29.6. The van der Waals surface area contributed by atoms with Crippen LogP contribution in [0.1, 0.15) is 11.1 Å². The Morgan fingerprint density at radius 2 is 1.38 bits per heavy atom. The third-order valence-electron chi connectivity index (χ3n) is 4.78. The smallest absolute Gasteiger partial charge is 0.185 e. The monoisotopic (exact) mass is 359 g/mol. The highest BCUT2D eigenvalue weighted by molar-refractivity contribution is 7.80. The normalized spacial score (nSPS) is 19.4. The highest BCUT2D eigenvalue weighted by Crippen LogP contribution is 2.29. The Labute approximate surface area is 159 Å². The Balaban J connectivity index is 1.69. The van der Waals surface area contributed by atoms with E-state index in [1.54, 1.807) is 0 Å². The van der Waals surface area contributed by atoms with Crippen LogP contribution in [-0.4, -0.2) is 17.2 Å². The van der Waals surface area contributed by atoms with Gasteiger partial charge in [0, 0.05) is 13.5 Å². The van der Waals surface area contributed by atoms with Gasteiger partial charge in [-0.2, -0.15) is 0 Å². The van der Waals surface area contributed by atoms with Crippen LogP contribution in [-0.2, 0) is 12.1 Å². The summed E-state index contributed by atoms with van der Waals surface area (Å²) in [7, 11) is 1.94. The number of nitrogens with one attached hydrogen (secondary N) is 2. The Morgan fingerprint density at radius 1 is 0.808 bits per heavy atom. The fourth-order valence-electron chi connectivity index (χ4n) is 3.43. The first-order chi connectivity index (χ1) is 12.7. The molecule has 130 valence electrons. The number of thiocarbonyl (C=S) groups is 1. The molecule has 3 nitrogen and oxygen atoms in total. The number of rotatable bonds is 4. The molecule has 1 aliphatic rings. The van der Waals surface area contributed by atoms with Crippen molar-refractivity contribution in [3.63, 3.8) is 0 Å². The molecule has 0 radical (unpaired) electrons. The van der Waals surface area contributed by atoms with Crippen LogP contribution in [0.25, 0.3) is 11.1 Å². The molecule has 0 aliphatic carbocycles. The maximum absolute atomic E-state index is 5.46. The van der Waals surface area contributed by atoms with Crippen molar-refractivity contribution in [2.24, 2.45) is 0 Å². The summed E-state index contributed by atoms with van der Waals surface area (Å²) >= 11 is 5.46. The first kappa shape index (κ1) is 16.8. The van der Waals surface area contributed by atoms with Crippen LogP contribution >= 0.6 is 12.2 Å². The minimum Gasteiger partial charge on any atom is -0.338 e. The van der Waals surface area contributed by atoms with E-state index in [1.807, 2.05) is 24.2 Å². The van der Waals surface area contributed by atoms with Crippen LogP contribution < -0.4 is 10.7 Å². The van der Waals surface area contributed by atoms with Crippen molar-refractivity contribution in [2.45, 2.75) is 12.1 Å². The van der Waals surface area contributed by atoms with Crippen molar-refractivity contribution in [3.8, 4) is 11.1 Å². The van der Waals surface area contributed by atoms with Gasteiger partial charge in [-0.1, -0.05) is 84.9 Å². The predicted octanol–water partition coefficient (Wildman–Crippen LogP) is 4.07. The van der Waals surface area contributed by atoms with Gasteiger partial charge in [0.2, 0.25) is 0 Å². The number of hydrazine groups is 1. The highest BCUT2D eigenvalue weighted by Gasteiger charge is 2.40. The fraction of sp³-hybridized carbons (Fsp3) is 0.136. The van der Waals surface area contributed by atoms with Crippen molar-refractivity contribution in [1.29, 1.82) is 0 Å². The molecule has 1 unspecified atom stereocenters. The molecule has 0 aromatic heterocycles. The summed E-state index contributed by atoms with van der Waals surface area (Å²) in [6.45, 7) is 0. The second kappa shape index (κ2) is 6.90. The van der Waals surface area contributed by atoms with Crippen molar-refractivity contribution in [1.82, 2.24) is 15.8 Å². The number of nitrogens with zero attached hydrogens (tertiary/aromatic N) is 1. The van der Waals surface area contributed by atoms with E-state index < -0.39 is 5.66 Å². The van der Waals surface area contributed by atoms with Gasteiger partial charge in [-0.3, -0.25) is 5.01 Å². The minimum absolute atomic E-state index is 0.442. The molecule has 1 atom stereocenters. The summed E-state index contributed by atoms with van der Waals surface area (Å²) in [5.41, 5.74) is 7.91. The minimum atomic E-state index is -0.442. The molecule has 1 heterocycles. The second-order valence-corrected chi connectivity index (χ2v) is 7.00. The summed E-state index contributed by atoms with van der Waals surface area (Å²) in [6.07, 6.45) is 0.795. The molecule has 0 amide bonds. The first-order valence-electron chi connectivity index (χ1n) is 8.70. The predicted molar refractivity (Wildman–Crippen MR) is 110 cm³/mol. The Morgan fingerprint density at radius 3 is 1.96 bits per heavy atom.